The van der Waals surface area contributed by atoms with Gasteiger partial charge >= 0.3 is 5.97 Å². The Kier molecular flexibility index (Phi) is 3.75. The fourth-order valence-corrected chi connectivity index (χ4v) is 1.10. The van der Waals surface area contributed by atoms with Crippen molar-refractivity contribution in [2.45, 2.75) is 19.4 Å². The first-order valence-corrected chi connectivity index (χ1v) is 4.63. The number of aliphatic carboxylic acids is 1. The van der Waals surface area contributed by atoms with Crippen LogP contribution in [0.25, 0.3) is 0 Å². The van der Waals surface area contributed by atoms with E-state index >= 15 is 0 Å². The minimum atomic E-state index is -0.960. The summed E-state index contributed by atoms with van der Waals surface area (Å²) in [6.45, 7) is 1.76. The number of ether oxygens (including phenoxy) is 1. The quantitative estimate of drug-likeness (QED) is 0.762. The van der Waals surface area contributed by atoms with Gasteiger partial charge in [0.05, 0.1) is 0 Å². The highest BCUT2D eigenvalue weighted by molar-refractivity contribution is 5.72. The van der Waals surface area contributed by atoms with Crippen LogP contribution in [0.3, 0.4) is 0 Å². The molecule has 0 fully saturated rings. The molecular weight excluding hydrogens is 192 g/mol. The SMILES string of the molecule is C#Cc1ccc(OC(CC)C(=O)O)cc1. The summed E-state index contributed by atoms with van der Waals surface area (Å²) in [4.78, 5) is 10.7. The van der Waals surface area contributed by atoms with E-state index in [-0.39, 0.29) is 0 Å². The average Bonchev–Trinajstić information content (AvgIpc) is 2.26. The Morgan fingerprint density at radius 1 is 1.53 bits per heavy atom. The fourth-order valence-electron chi connectivity index (χ4n) is 1.10. The molecule has 1 unspecified atom stereocenters. The Hall–Kier alpha value is -1.95. The monoisotopic (exact) mass is 204 g/mol. The summed E-state index contributed by atoms with van der Waals surface area (Å²) in [5, 5.41) is 8.78. The summed E-state index contributed by atoms with van der Waals surface area (Å²) in [5.74, 6) is 2.03. The minimum absolute atomic E-state index is 0.423. The van der Waals surface area contributed by atoms with E-state index in [0.717, 1.165) is 5.56 Å². The van der Waals surface area contributed by atoms with Crippen LogP contribution in [0.15, 0.2) is 24.3 Å². The van der Waals surface area contributed by atoms with Gasteiger partial charge in [-0.1, -0.05) is 12.8 Å². The maximum absolute atomic E-state index is 10.7. The molecule has 15 heavy (non-hydrogen) atoms. The second-order valence-electron chi connectivity index (χ2n) is 3.02. The first kappa shape index (κ1) is 11.1. The number of carboxylic acid groups (broad SMARTS) is 1. The second kappa shape index (κ2) is 5.06. The third kappa shape index (κ3) is 3.03. The lowest BCUT2D eigenvalue weighted by atomic mass is 10.2. The van der Waals surface area contributed by atoms with Gasteiger partial charge in [0.2, 0.25) is 0 Å². The molecule has 0 heterocycles. The highest BCUT2D eigenvalue weighted by atomic mass is 16.5. The van der Waals surface area contributed by atoms with Crippen LogP contribution in [0.2, 0.25) is 0 Å². The predicted octanol–water partition coefficient (Wildman–Crippen LogP) is 1.91. The normalized spacial score (nSPS) is 11.5. The number of hydrogen-bond acceptors (Lipinski definition) is 2. The molecule has 0 aliphatic rings. The molecule has 0 saturated heterocycles. The van der Waals surface area contributed by atoms with Crippen molar-refractivity contribution in [1.82, 2.24) is 0 Å². The van der Waals surface area contributed by atoms with E-state index in [9.17, 15) is 4.79 Å². The van der Waals surface area contributed by atoms with Crippen LogP contribution in [-0.2, 0) is 4.79 Å². The summed E-state index contributed by atoms with van der Waals surface area (Å²) in [6.07, 6.45) is 4.81. The number of carboxylic acids is 1. The maximum Gasteiger partial charge on any atom is 0.344 e. The van der Waals surface area contributed by atoms with Gasteiger partial charge in [-0.15, -0.1) is 6.42 Å². The van der Waals surface area contributed by atoms with Crippen molar-refractivity contribution in [3.8, 4) is 18.1 Å². The van der Waals surface area contributed by atoms with Crippen molar-refractivity contribution < 1.29 is 14.6 Å². The molecule has 0 radical (unpaired) electrons. The molecule has 0 amide bonds. The van der Waals surface area contributed by atoms with Crippen molar-refractivity contribution in [2.24, 2.45) is 0 Å². The van der Waals surface area contributed by atoms with Crippen LogP contribution >= 0.6 is 0 Å². The molecule has 3 heteroatoms. The Labute approximate surface area is 88.7 Å². The molecule has 0 aliphatic carbocycles. The first-order chi connectivity index (χ1) is 7.17. The molecule has 1 aromatic carbocycles. The van der Waals surface area contributed by atoms with Crippen LogP contribution in [0.5, 0.6) is 5.75 Å². The van der Waals surface area contributed by atoms with Gasteiger partial charge in [0.15, 0.2) is 6.10 Å². The average molecular weight is 204 g/mol. The molecule has 3 nitrogen and oxygen atoms in total. The molecule has 0 spiro atoms. The summed E-state index contributed by atoms with van der Waals surface area (Å²) < 4.78 is 5.26. The molecular formula is C12H12O3. The third-order valence-electron chi connectivity index (χ3n) is 1.95. The van der Waals surface area contributed by atoms with Crippen molar-refractivity contribution in [3.63, 3.8) is 0 Å². The summed E-state index contributed by atoms with van der Waals surface area (Å²) >= 11 is 0. The topological polar surface area (TPSA) is 46.5 Å². The smallest absolute Gasteiger partial charge is 0.344 e. The molecule has 0 aliphatic heterocycles. The van der Waals surface area contributed by atoms with Gasteiger partial charge in [-0.3, -0.25) is 0 Å². The molecule has 1 rings (SSSR count). The zero-order valence-corrected chi connectivity index (χ0v) is 8.43. The van der Waals surface area contributed by atoms with Crippen molar-refractivity contribution >= 4 is 5.97 Å². The van der Waals surface area contributed by atoms with E-state index < -0.39 is 12.1 Å². The molecule has 1 aromatic rings. The van der Waals surface area contributed by atoms with E-state index in [1.165, 1.54) is 0 Å². The predicted molar refractivity (Wildman–Crippen MR) is 56.7 cm³/mol. The van der Waals surface area contributed by atoms with E-state index in [2.05, 4.69) is 5.92 Å². The lowest BCUT2D eigenvalue weighted by Crippen LogP contribution is -2.25. The van der Waals surface area contributed by atoms with Crippen LogP contribution in [0.4, 0.5) is 0 Å². The Morgan fingerprint density at radius 3 is 2.53 bits per heavy atom. The number of hydrogen-bond donors (Lipinski definition) is 1. The van der Waals surface area contributed by atoms with Crippen molar-refractivity contribution in [1.29, 1.82) is 0 Å². The Bertz CT molecular complexity index is 373. The Balaban J connectivity index is 2.72. The van der Waals surface area contributed by atoms with Gasteiger partial charge < -0.3 is 9.84 Å². The highest BCUT2D eigenvalue weighted by Gasteiger charge is 2.16. The molecule has 0 aromatic heterocycles. The molecule has 0 saturated carbocycles. The third-order valence-corrected chi connectivity index (χ3v) is 1.95. The van der Waals surface area contributed by atoms with Gasteiger partial charge in [-0.2, -0.15) is 0 Å². The number of benzene rings is 1. The van der Waals surface area contributed by atoms with Gasteiger partial charge in [0.25, 0.3) is 0 Å². The van der Waals surface area contributed by atoms with Crippen molar-refractivity contribution in [2.75, 3.05) is 0 Å². The fraction of sp³-hybridized carbons (Fsp3) is 0.250. The second-order valence-corrected chi connectivity index (χ2v) is 3.02. The van der Waals surface area contributed by atoms with Crippen LogP contribution in [0, 0.1) is 12.3 Å². The van der Waals surface area contributed by atoms with Gasteiger partial charge in [-0.25, -0.2) is 4.79 Å². The minimum Gasteiger partial charge on any atom is -0.479 e. The standard InChI is InChI=1S/C12H12O3/c1-3-9-5-7-10(8-6-9)15-11(4-2)12(13)14/h1,5-8,11H,4H2,2H3,(H,13,14). The number of carbonyl (C=O) groups is 1. The molecule has 0 bridgehead atoms. The van der Waals surface area contributed by atoms with Gasteiger partial charge in [0.1, 0.15) is 5.75 Å². The number of terminal acetylenes is 1. The highest BCUT2D eigenvalue weighted by Crippen LogP contribution is 2.14. The van der Waals surface area contributed by atoms with Crippen LogP contribution in [-0.4, -0.2) is 17.2 Å². The molecule has 78 valence electrons. The van der Waals surface area contributed by atoms with E-state index in [0.29, 0.717) is 12.2 Å². The largest absolute Gasteiger partial charge is 0.479 e. The molecule has 1 N–H and O–H groups in total. The zero-order chi connectivity index (χ0) is 11.3. The summed E-state index contributed by atoms with van der Waals surface area (Å²) in [5.41, 5.74) is 0.741. The summed E-state index contributed by atoms with van der Waals surface area (Å²) in [6, 6.07) is 6.76. The molecule has 1 atom stereocenters. The van der Waals surface area contributed by atoms with Crippen LogP contribution < -0.4 is 4.74 Å². The Morgan fingerprint density at radius 2 is 2.13 bits per heavy atom. The maximum atomic E-state index is 10.7. The van der Waals surface area contributed by atoms with Gasteiger partial charge in [-0.05, 0) is 30.7 Å². The lowest BCUT2D eigenvalue weighted by Gasteiger charge is -2.12. The van der Waals surface area contributed by atoms with Gasteiger partial charge in [0, 0.05) is 5.56 Å². The van der Waals surface area contributed by atoms with E-state index in [4.69, 9.17) is 16.3 Å². The zero-order valence-electron chi connectivity index (χ0n) is 8.43. The number of rotatable bonds is 4. The lowest BCUT2D eigenvalue weighted by molar-refractivity contribution is -0.145. The van der Waals surface area contributed by atoms with E-state index in [1.54, 1.807) is 31.2 Å². The summed E-state index contributed by atoms with van der Waals surface area (Å²) in [7, 11) is 0. The van der Waals surface area contributed by atoms with E-state index in [1.807, 2.05) is 0 Å². The van der Waals surface area contributed by atoms with Crippen LogP contribution in [0.1, 0.15) is 18.9 Å². The first-order valence-electron chi connectivity index (χ1n) is 4.63. The van der Waals surface area contributed by atoms with Crippen molar-refractivity contribution in [3.05, 3.63) is 29.8 Å².